The molecule has 0 atom stereocenters. The van der Waals surface area contributed by atoms with Gasteiger partial charge in [-0.3, -0.25) is 10.1 Å². The highest BCUT2D eigenvalue weighted by atomic mass is 16.6. The number of nitrogens with one attached hydrogen (secondary N) is 2. The molecule has 0 aliphatic heterocycles. The Morgan fingerprint density at radius 3 is 2.74 bits per heavy atom. The molecule has 2 aromatic rings. The summed E-state index contributed by atoms with van der Waals surface area (Å²) in [5.41, 5.74) is 1.73. The molecule has 5 heteroatoms. The van der Waals surface area contributed by atoms with Crippen molar-refractivity contribution < 1.29 is 4.92 Å². The Morgan fingerprint density at radius 1 is 1.21 bits per heavy atom. The maximum atomic E-state index is 11.0. The zero-order valence-electron chi connectivity index (χ0n) is 10.7. The molecule has 1 aliphatic carbocycles. The van der Waals surface area contributed by atoms with Crippen molar-refractivity contribution >= 4 is 22.3 Å². The third-order valence-electron chi connectivity index (χ3n) is 3.86. The van der Waals surface area contributed by atoms with E-state index in [-0.39, 0.29) is 10.6 Å². The van der Waals surface area contributed by atoms with Gasteiger partial charge >= 0.3 is 0 Å². The lowest BCUT2D eigenvalue weighted by molar-refractivity contribution is -0.383. The van der Waals surface area contributed by atoms with Gasteiger partial charge in [0.25, 0.3) is 5.69 Å². The average molecular weight is 259 g/mol. The van der Waals surface area contributed by atoms with Crippen molar-refractivity contribution in [2.75, 3.05) is 5.32 Å². The zero-order valence-corrected chi connectivity index (χ0v) is 10.7. The molecule has 1 aliphatic rings. The van der Waals surface area contributed by atoms with Crippen LogP contribution in [-0.2, 0) is 0 Å². The number of aromatic nitrogens is 1. The smallest absolute Gasteiger partial charge is 0.293 e. The number of benzene rings is 1. The van der Waals surface area contributed by atoms with Gasteiger partial charge in [-0.05, 0) is 25.0 Å². The van der Waals surface area contributed by atoms with E-state index in [4.69, 9.17) is 0 Å². The van der Waals surface area contributed by atoms with Crippen molar-refractivity contribution in [3.8, 4) is 0 Å². The number of fused-ring (bicyclic) bond motifs is 1. The second-order valence-electron chi connectivity index (χ2n) is 5.13. The number of hydrogen-bond acceptors (Lipinski definition) is 3. The van der Waals surface area contributed by atoms with E-state index < -0.39 is 0 Å². The van der Waals surface area contributed by atoms with Crippen LogP contribution in [0.5, 0.6) is 0 Å². The van der Waals surface area contributed by atoms with Crippen LogP contribution in [0.15, 0.2) is 24.4 Å². The number of hydrogen-bond donors (Lipinski definition) is 2. The fourth-order valence-corrected chi connectivity index (χ4v) is 2.89. The van der Waals surface area contributed by atoms with Crippen LogP contribution < -0.4 is 5.32 Å². The molecule has 1 heterocycles. The second kappa shape index (κ2) is 4.91. The van der Waals surface area contributed by atoms with Gasteiger partial charge in [-0.25, -0.2) is 0 Å². The van der Waals surface area contributed by atoms with E-state index in [1.54, 1.807) is 12.3 Å². The predicted molar refractivity (Wildman–Crippen MR) is 75.4 cm³/mol. The van der Waals surface area contributed by atoms with Gasteiger partial charge in [0.1, 0.15) is 5.52 Å². The SMILES string of the molecule is O=[N+]([O-])c1ccc(NC2CCCCC2)c2cc[nH]c12. The summed E-state index contributed by atoms with van der Waals surface area (Å²) in [5, 5.41) is 15.4. The Balaban J connectivity index is 1.93. The van der Waals surface area contributed by atoms with E-state index in [9.17, 15) is 10.1 Å². The van der Waals surface area contributed by atoms with E-state index >= 15 is 0 Å². The molecular weight excluding hydrogens is 242 g/mol. The van der Waals surface area contributed by atoms with Crippen molar-refractivity contribution in [3.05, 3.63) is 34.5 Å². The molecule has 3 rings (SSSR count). The monoisotopic (exact) mass is 259 g/mol. The third kappa shape index (κ3) is 2.28. The molecule has 0 radical (unpaired) electrons. The lowest BCUT2D eigenvalue weighted by Crippen LogP contribution is -2.22. The van der Waals surface area contributed by atoms with Gasteiger partial charge in [0.15, 0.2) is 0 Å². The number of H-pyrrole nitrogens is 1. The van der Waals surface area contributed by atoms with E-state index in [0.29, 0.717) is 11.6 Å². The topological polar surface area (TPSA) is 71.0 Å². The van der Waals surface area contributed by atoms with Crippen LogP contribution in [0.4, 0.5) is 11.4 Å². The minimum absolute atomic E-state index is 0.134. The molecule has 100 valence electrons. The molecule has 0 bridgehead atoms. The summed E-state index contributed by atoms with van der Waals surface area (Å²) in [6.07, 6.45) is 7.97. The highest BCUT2D eigenvalue weighted by Gasteiger charge is 2.18. The molecule has 2 N–H and O–H groups in total. The lowest BCUT2D eigenvalue weighted by atomic mass is 9.95. The lowest BCUT2D eigenvalue weighted by Gasteiger charge is -2.24. The maximum absolute atomic E-state index is 11.0. The first kappa shape index (κ1) is 12.0. The molecule has 1 aromatic carbocycles. The van der Waals surface area contributed by atoms with Gasteiger partial charge in [-0.1, -0.05) is 19.3 Å². The summed E-state index contributed by atoms with van der Waals surface area (Å²) < 4.78 is 0. The van der Waals surface area contributed by atoms with Crippen LogP contribution >= 0.6 is 0 Å². The normalized spacial score (nSPS) is 16.6. The first-order chi connectivity index (χ1) is 9.25. The van der Waals surface area contributed by atoms with Crippen LogP contribution in [0.25, 0.3) is 10.9 Å². The minimum atomic E-state index is -0.344. The molecule has 0 spiro atoms. The zero-order chi connectivity index (χ0) is 13.2. The van der Waals surface area contributed by atoms with Crippen LogP contribution in [0.2, 0.25) is 0 Å². The van der Waals surface area contributed by atoms with Crippen LogP contribution in [0.3, 0.4) is 0 Å². The van der Waals surface area contributed by atoms with Crippen LogP contribution in [0, 0.1) is 10.1 Å². The summed E-state index contributed by atoms with van der Waals surface area (Å²) in [6.45, 7) is 0. The standard InChI is InChI=1S/C14H17N3O2/c18-17(19)13-7-6-12(11-8-9-15-14(11)13)16-10-4-2-1-3-5-10/h6-10,15-16H,1-5H2. The van der Waals surface area contributed by atoms with Crippen molar-refractivity contribution in [2.24, 2.45) is 0 Å². The van der Waals surface area contributed by atoms with Gasteiger partial charge in [-0.2, -0.15) is 0 Å². The van der Waals surface area contributed by atoms with E-state index in [1.165, 1.54) is 32.1 Å². The Labute approximate surface area is 111 Å². The first-order valence-corrected chi connectivity index (χ1v) is 6.77. The van der Waals surface area contributed by atoms with E-state index in [2.05, 4.69) is 10.3 Å². The number of anilines is 1. The fourth-order valence-electron chi connectivity index (χ4n) is 2.89. The van der Waals surface area contributed by atoms with Gasteiger partial charge < -0.3 is 10.3 Å². The number of non-ortho nitro benzene ring substituents is 1. The van der Waals surface area contributed by atoms with Gasteiger partial charge in [0.2, 0.25) is 0 Å². The molecule has 1 saturated carbocycles. The van der Waals surface area contributed by atoms with Crippen molar-refractivity contribution in [1.82, 2.24) is 4.98 Å². The molecule has 1 aromatic heterocycles. The highest BCUT2D eigenvalue weighted by molar-refractivity contribution is 5.97. The Hall–Kier alpha value is -2.04. The van der Waals surface area contributed by atoms with Gasteiger partial charge in [0.05, 0.1) is 4.92 Å². The molecule has 5 nitrogen and oxygen atoms in total. The summed E-state index contributed by atoms with van der Waals surface area (Å²) in [4.78, 5) is 13.6. The third-order valence-corrected chi connectivity index (χ3v) is 3.86. The summed E-state index contributed by atoms with van der Waals surface area (Å²) in [6, 6.07) is 5.79. The predicted octanol–water partition coefficient (Wildman–Crippen LogP) is 3.82. The number of rotatable bonds is 3. The maximum Gasteiger partial charge on any atom is 0.293 e. The van der Waals surface area contributed by atoms with Crippen molar-refractivity contribution in [1.29, 1.82) is 0 Å². The Kier molecular flexibility index (Phi) is 3.11. The number of aromatic amines is 1. The number of nitro groups is 1. The van der Waals surface area contributed by atoms with Gasteiger partial charge in [-0.15, -0.1) is 0 Å². The highest BCUT2D eigenvalue weighted by Crippen LogP contribution is 2.32. The summed E-state index contributed by atoms with van der Waals surface area (Å²) in [7, 11) is 0. The Morgan fingerprint density at radius 2 is 2.00 bits per heavy atom. The van der Waals surface area contributed by atoms with Crippen molar-refractivity contribution in [2.45, 2.75) is 38.1 Å². The van der Waals surface area contributed by atoms with Crippen LogP contribution in [-0.4, -0.2) is 15.9 Å². The molecule has 0 saturated heterocycles. The number of nitrogens with zero attached hydrogens (tertiary/aromatic N) is 1. The number of nitro benzene ring substituents is 1. The van der Waals surface area contributed by atoms with E-state index in [0.717, 1.165) is 11.1 Å². The molecule has 0 amide bonds. The van der Waals surface area contributed by atoms with Crippen LogP contribution in [0.1, 0.15) is 32.1 Å². The van der Waals surface area contributed by atoms with Gasteiger partial charge in [0, 0.05) is 29.4 Å². The minimum Gasteiger partial charge on any atom is -0.382 e. The molecular formula is C14H17N3O2. The molecule has 0 unspecified atom stereocenters. The fraction of sp³-hybridized carbons (Fsp3) is 0.429. The van der Waals surface area contributed by atoms with Crippen molar-refractivity contribution in [3.63, 3.8) is 0 Å². The molecule has 1 fully saturated rings. The quantitative estimate of drug-likeness (QED) is 0.650. The first-order valence-electron chi connectivity index (χ1n) is 6.77. The molecule has 19 heavy (non-hydrogen) atoms. The largest absolute Gasteiger partial charge is 0.382 e. The van der Waals surface area contributed by atoms with E-state index in [1.807, 2.05) is 12.1 Å². The Bertz CT molecular complexity index is 600. The average Bonchev–Trinajstić information content (AvgIpc) is 2.89. The summed E-state index contributed by atoms with van der Waals surface area (Å²) >= 11 is 0. The second-order valence-corrected chi connectivity index (χ2v) is 5.13. The summed E-state index contributed by atoms with van der Waals surface area (Å²) in [5.74, 6) is 0.